The fourth-order valence-electron chi connectivity index (χ4n) is 4.26. The van der Waals surface area contributed by atoms with Crippen LogP contribution in [0.1, 0.15) is 0 Å². The maximum Gasteiger partial charge on any atom is 0.247 e. The number of benzene rings is 5. The number of hydrogen-bond donors (Lipinski definition) is 0. The molecule has 5 aromatic carbocycles. The Morgan fingerprint density at radius 1 is 0.344 bits per heavy atom. The molecular weight excluding hydrogens is 424 g/mol. The smallest absolute Gasteiger partial charge is 0.149 e. The van der Waals surface area contributed by atoms with E-state index in [-0.39, 0.29) is 0 Å². The van der Waals surface area contributed by atoms with Crippen molar-refractivity contribution in [1.29, 1.82) is 0 Å². The van der Waals surface area contributed by atoms with Gasteiger partial charge in [0.2, 0.25) is 7.38 Å². The van der Waals surface area contributed by atoms with Gasteiger partial charge in [0.05, 0.1) is 0 Å². The van der Waals surface area contributed by atoms with Gasteiger partial charge >= 0.3 is 0 Å². The van der Waals surface area contributed by atoms with Crippen LogP contribution in [-0.2, 0) is 0 Å². The van der Waals surface area contributed by atoms with Crippen LogP contribution in [0.25, 0.3) is 22.3 Å². The zero-order valence-corrected chi connectivity index (χ0v) is 19.4. The molecule has 0 radical (unpaired) electrons. The van der Waals surface area contributed by atoms with Crippen molar-refractivity contribution in [2.45, 2.75) is 0 Å². The van der Waals surface area contributed by atoms with Gasteiger partial charge in [-0.2, -0.15) is 0 Å². The Morgan fingerprint density at radius 3 is 1.06 bits per heavy atom. The highest BCUT2D eigenvalue weighted by Gasteiger charge is 2.38. The molecule has 0 atom stereocenters. The lowest BCUT2D eigenvalue weighted by Gasteiger charge is -2.27. The van der Waals surface area contributed by atoms with Gasteiger partial charge in [0.25, 0.3) is 0 Å². The molecule has 0 aliphatic heterocycles. The molecule has 32 heavy (non-hydrogen) atoms. The summed E-state index contributed by atoms with van der Waals surface area (Å²) in [6.07, 6.45) is 0. The van der Waals surface area contributed by atoms with Crippen LogP contribution in [0.3, 0.4) is 0 Å². The van der Waals surface area contributed by atoms with E-state index in [4.69, 9.17) is 11.1 Å². The standard InChI is InChI=1S/C30H23ClSi/c31-32(28-17-9-3-10-18-28,29-19-11-4-12-20-29)30-22-26(24-13-5-1-6-14-24)21-27(23-30)25-15-7-2-8-16-25/h1-23H. The summed E-state index contributed by atoms with van der Waals surface area (Å²) in [5.74, 6) is 0. The summed E-state index contributed by atoms with van der Waals surface area (Å²) in [6.45, 7) is 0. The normalized spacial score (nSPS) is 11.3. The van der Waals surface area contributed by atoms with Crippen molar-refractivity contribution < 1.29 is 0 Å². The largest absolute Gasteiger partial charge is 0.247 e. The molecule has 0 heterocycles. The van der Waals surface area contributed by atoms with Crippen molar-refractivity contribution in [3.05, 3.63) is 140 Å². The van der Waals surface area contributed by atoms with E-state index in [1.165, 1.54) is 37.8 Å². The molecule has 5 rings (SSSR count). The fraction of sp³-hybridized carbons (Fsp3) is 0. The average molecular weight is 447 g/mol. The number of rotatable bonds is 5. The third-order valence-electron chi connectivity index (χ3n) is 5.89. The minimum absolute atomic E-state index is 1.19. The quantitative estimate of drug-likeness (QED) is 0.170. The lowest BCUT2D eigenvalue weighted by molar-refractivity contribution is 1.60. The highest BCUT2D eigenvalue weighted by molar-refractivity contribution is 7.40. The van der Waals surface area contributed by atoms with Crippen LogP contribution in [0.5, 0.6) is 0 Å². The molecule has 0 amide bonds. The Bertz CT molecular complexity index is 1200. The van der Waals surface area contributed by atoms with E-state index in [0.717, 1.165) is 0 Å². The van der Waals surface area contributed by atoms with E-state index in [9.17, 15) is 0 Å². The molecular formula is C30H23ClSi. The Hall–Kier alpha value is -3.39. The first-order valence-electron chi connectivity index (χ1n) is 10.8. The molecule has 0 nitrogen and oxygen atoms in total. The van der Waals surface area contributed by atoms with E-state index in [1.807, 2.05) is 0 Å². The van der Waals surface area contributed by atoms with Crippen molar-refractivity contribution in [2.24, 2.45) is 0 Å². The van der Waals surface area contributed by atoms with Crippen molar-refractivity contribution in [1.82, 2.24) is 0 Å². The SMILES string of the molecule is Cl[Si](c1ccccc1)(c1ccccc1)c1cc(-c2ccccc2)cc(-c2ccccc2)c1. The van der Waals surface area contributed by atoms with Gasteiger partial charge in [0, 0.05) is 0 Å². The topological polar surface area (TPSA) is 0 Å². The molecule has 5 aromatic rings. The van der Waals surface area contributed by atoms with Gasteiger partial charge in [0.1, 0.15) is 0 Å². The van der Waals surface area contributed by atoms with Crippen molar-refractivity contribution in [3.63, 3.8) is 0 Å². The van der Waals surface area contributed by atoms with Gasteiger partial charge in [-0.25, -0.2) is 0 Å². The maximum atomic E-state index is 7.77. The minimum Gasteiger partial charge on any atom is -0.149 e. The van der Waals surface area contributed by atoms with E-state index < -0.39 is 7.38 Å². The van der Waals surface area contributed by atoms with Crippen LogP contribution in [0.4, 0.5) is 0 Å². The highest BCUT2D eigenvalue weighted by Crippen LogP contribution is 2.27. The zero-order valence-electron chi connectivity index (χ0n) is 17.7. The van der Waals surface area contributed by atoms with Gasteiger partial charge in [-0.05, 0) is 43.9 Å². The molecule has 0 fully saturated rings. The van der Waals surface area contributed by atoms with E-state index in [1.54, 1.807) is 0 Å². The molecule has 0 saturated carbocycles. The van der Waals surface area contributed by atoms with Crippen LogP contribution in [0, 0.1) is 0 Å². The lowest BCUT2D eigenvalue weighted by atomic mass is 9.99. The lowest BCUT2D eigenvalue weighted by Crippen LogP contribution is -2.62. The zero-order chi connectivity index (χ0) is 21.8. The first-order chi connectivity index (χ1) is 15.7. The average Bonchev–Trinajstić information content (AvgIpc) is 2.90. The molecule has 0 aromatic heterocycles. The molecule has 0 saturated heterocycles. The molecule has 2 heteroatoms. The van der Waals surface area contributed by atoms with Crippen LogP contribution in [0.15, 0.2) is 140 Å². The first-order valence-corrected chi connectivity index (χ1v) is 13.8. The van der Waals surface area contributed by atoms with Gasteiger partial charge in [-0.3, -0.25) is 0 Å². The predicted octanol–water partition coefficient (Wildman–Crippen LogP) is 6.23. The van der Waals surface area contributed by atoms with Crippen LogP contribution in [-0.4, -0.2) is 7.38 Å². The van der Waals surface area contributed by atoms with Crippen molar-refractivity contribution in [3.8, 4) is 22.3 Å². The second-order valence-electron chi connectivity index (χ2n) is 7.92. The van der Waals surface area contributed by atoms with Gasteiger partial charge in [0.15, 0.2) is 0 Å². The summed E-state index contributed by atoms with van der Waals surface area (Å²) in [7, 11) is -2.73. The molecule has 0 aliphatic rings. The maximum absolute atomic E-state index is 7.77. The monoisotopic (exact) mass is 446 g/mol. The van der Waals surface area contributed by atoms with E-state index >= 15 is 0 Å². The Kier molecular flexibility index (Phi) is 5.77. The van der Waals surface area contributed by atoms with E-state index in [2.05, 4.69) is 140 Å². The summed E-state index contributed by atoms with van der Waals surface area (Å²) in [4.78, 5) is 0. The highest BCUT2D eigenvalue weighted by atomic mass is 35.6. The summed E-state index contributed by atoms with van der Waals surface area (Å²) in [6, 6.07) is 49.1. The first kappa shape index (κ1) is 20.5. The molecule has 0 unspecified atom stereocenters. The Balaban J connectivity index is 1.80. The second kappa shape index (κ2) is 9.00. The van der Waals surface area contributed by atoms with E-state index in [0.29, 0.717) is 0 Å². The predicted molar refractivity (Wildman–Crippen MR) is 141 cm³/mol. The Labute approximate surface area is 195 Å². The van der Waals surface area contributed by atoms with Crippen molar-refractivity contribution >= 4 is 34.0 Å². The molecule has 154 valence electrons. The number of hydrogen-bond acceptors (Lipinski definition) is 0. The molecule has 0 N–H and O–H groups in total. The third-order valence-corrected chi connectivity index (χ3v) is 11.2. The van der Waals surface area contributed by atoms with Gasteiger partial charge in [-0.15, -0.1) is 11.1 Å². The van der Waals surface area contributed by atoms with Crippen LogP contribution >= 0.6 is 11.1 Å². The fourth-order valence-corrected chi connectivity index (χ4v) is 8.35. The summed E-state index contributed by atoms with van der Waals surface area (Å²) >= 11 is 7.77. The van der Waals surface area contributed by atoms with Gasteiger partial charge < -0.3 is 0 Å². The number of halogens is 1. The summed E-state index contributed by atoms with van der Waals surface area (Å²) in [5, 5.41) is 3.57. The third kappa shape index (κ3) is 3.93. The molecule has 0 spiro atoms. The summed E-state index contributed by atoms with van der Waals surface area (Å²) in [5.41, 5.74) is 4.76. The second-order valence-corrected chi connectivity index (χ2v) is 12.7. The van der Waals surface area contributed by atoms with Gasteiger partial charge in [-0.1, -0.05) is 133 Å². The minimum atomic E-state index is -2.73. The van der Waals surface area contributed by atoms with Crippen LogP contribution < -0.4 is 15.6 Å². The van der Waals surface area contributed by atoms with Crippen molar-refractivity contribution in [2.75, 3.05) is 0 Å². The molecule has 0 aliphatic carbocycles. The summed E-state index contributed by atoms with van der Waals surface area (Å²) < 4.78 is 0. The molecule has 0 bridgehead atoms. The van der Waals surface area contributed by atoms with Crippen LogP contribution in [0.2, 0.25) is 0 Å². The Morgan fingerprint density at radius 2 is 0.688 bits per heavy atom.